The topological polar surface area (TPSA) is 58.1 Å². The number of hydrogen-bond donors (Lipinski definition) is 1. The molecule has 0 aliphatic rings. The third-order valence-corrected chi connectivity index (χ3v) is 7.38. The molecule has 0 unspecified atom stereocenters. The van der Waals surface area contributed by atoms with E-state index >= 15 is 0 Å². The van der Waals surface area contributed by atoms with Crippen LogP contribution < -0.4 is 5.32 Å². The molecule has 174 valence electrons. The number of thioether (sulfide) groups is 1. The summed E-state index contributed by atoms with van der Waals surface area (Å²) in [6.07, 6.45) is 1.76. The molecule has 0 spiro atoms. The highest BCUT2D eigenvalue weighted by atomic mass is 32.2. The molecule has 0 bridgehead atoms. The van der Waals surface area contributed by atoms with Crippen molar-refractivity contribution in [3.8, 4) is 21.0 Å². The van der Waals surface area contributed by atoms with Crippen molar-refractivity contribution in [2.75, 3.05) is 31.7 Å². The Bertz CT molecular complexity index is 1280. The fourth-order valence-corrected chi connectivity index (χ4v) is 5.71. The normalized spacial score (nSPS) is 11.1. The molecule has 0 amide bonds. The van der Waals surface area contributed by atoms with Crippen LogP contribution in [0.3, 0.4) is 0 Å². The molecule has 0 atom stereocenters. The SMILES string of the molecule is Cc1cccc(C)c1-c1ccc(-c2ccnc(Nc3cccc(C(=O)SCCN(C)C)c3)n2)s1. The molecule has 0 aliphatic heterocycles. The first-order valence-corrected chi connectivity index (χ1v) is 12.9. The van der Waals surface area contributed by atoms with E-state index in [9.17, 15) is 4.79 Å². The monoisotopic (exact) mass is 488 g/mol. The second kappa shape index (κ2) is 11.0. The number of nitrogens with one attached hydrogen (secondary N) is 1. The van der Waals surface area contributed by atoms with E-state index in [0.717, 1.165) is 28.6 Å². The van der Waals surface area contributed by atoms with Gasteiger partial charge in [0.2, 0.25) is 11.1 Å². The number of carbonyl (C=O) groups excluding carboxylic acids is 1. The van der Waals surface area contributed by atoms with Crippen molar-refractivity contribution in [1.29, 1.82) is 0 Å². The number of nitrogens with zero attached hydrogens (tertiary/aromatic N) is 3. The Kier molecular flexibility index (Phi) is 7.77. The van der Waals surface area contributed by atoms with Gasteiger partial charge in [0.25, 0.3) is 0 Å². The van der Waals surface area contributed by atoms with Crippen molar-refractivity contribution < 1.29 is 4.79 Å². The van der Waals surface area contributed by atoms with Gasteiger partial charge in [-0.05, 0) is 75.0 Å². The van der Waals surface area contributed by atoms with Crippen molar-refractivity contribution in [2.45, 2.75) is 13.8 Å². The zero-order valence-corrected chi connectivity index (χ0v) is 21.5. The summed E-state index contributed by atoms with van der Waals surface area (Å²) < 4.78 is 0. The van der Waals surface area contributed by atoms with Crippen molar-refractivity contribution >= 4 is 39.8 Å². The first-order chi connectivity index (χ1) is 16.4. The lowest BCUT2D eigenvalue weighted by atomic mass is 10.0. The first-order valence-electron chi connectivity index (χ1n) is 11.1. The summed E-state index contributed by atoms with van der Waals surface area (Å²) >= 11 is 3.07. The fraction of sp³-hybridized carbons (Fsp3) is 0.222. The van der Waals surface area contributed by atoms with Gasteiger partial charge in [0.15, 0.2) is 0 Å². The molecule has 1 N–H and O–H groups in total. The Balaban J connectivity index is 1.50. The second-order valence-corrected chi connectivity index (χ2v) is 10.5. The molecule has 0 radical (unpaired) electrons. The summed E-state index contributed by atoms with van der Waals surface area (Å²) in [5.41, 5.74) is 6.16. The largest absolute Gasteiger partial charge is 0.324 e. The van der Waals surface area contributed by atoms with E-state index in [-0.39, 0.29) is 5.12 Å². The van der Waals surface area contributed by atoms with Crippen molar-refractivity contribution in [3.63, 3.8) is 0 Å². The lowest BCUT2D eigenvalue weighted by Gasteiger charge is -2.09. The number of anilines is 2. The van der Waals surface area contributed by atoms with Crippen LogP contribution in [0.5, 0.6) is 0 Å². The number of benzene rings is 2. The van der Waals surface area contributed by atoms with Crippen molar-refractivity contribution in [2.24, 2.45) is 0 Å². The Morgan fingerprint density at radius 3 is 2.50 bits per heavy atom. The molecular weight excluding hydrogens is 460 g/mol. The van der Waals surface area contributed by atoms with Gasteiger partial charge >= 0.3 is 0 Å². The molecular formula is C27H28N4OS2. The van der Waals surface area contributed by atoms with E-state index in [1.807, 2.05) is 44.4 Å². The molecule has 4 aromatic rings. The summed E-state index contributed by atoms with van der Waals surface area (Å²) in [5, 5.41) is 3.32. The molecule has 5 nitrogen and oxygen atoms in total. The van der Waals surface area contributed by atoms with Crippen LogP contribution in [-0.4, -0.2) is 46.4 Å². The molecule has 0 saturated heterocycles. The van der Waals surface area contributed by atoms with Gasteiger partial charge in [0.05, 0.1) is 10.6 Å². The molecule has 34 heavy (non-hydrogen) atoms. The van der Waals surface area contributed by atoms with E-state index < -0.39 is 0 Å². The fourth-order valence-electron chi connectivity index (χ4n) is 3.63. The van der Waals surface area contributed by atoms with Gasteiger partial charge in [0, 0.05) is 34.6 Å². The standard InChI is InChI=1S/C27H28N4OS2/c1-18-7-5-8-19(2)25(18)24-12-11-23(34-24)22-13-14-28-27(30-22)29-21-10-6-9-20(17-21)26(32)33-16-15-31(3)4/h5-14,17H,15-16H2,1-4H3,(H,28,29,30). The Morgan fingerprint density at radius 2 is 1.74 bits per heavy atom. The third-order valence-electron chi connectivity index (χ3n) is 5.37. The smallest absolute Gasteiger partial charge is 0.227 e. The highest BCUT2D eigenvalue weighted by molar-refractivity contribution is 8.14. The molecule has 7 heteroatoms. The summed E-state index contributed by atoms with van der Waals surface area (Å²) in [5.74, 6) is 1.27. The first kappa shape index (κ1) is 24.1. The lowest BCUT2D eigenvalue weighted by molar-refractivity contribution is 0.108. The predicted molar refractivity (Wildman–Crippen MR) is 145 cm³/mol. The van der Waals surface area contributed by atoms with Crippen LogP contribution in [0.15, 0.2) is 66.9 Å². The maximum atomic E-state index is 12.5. The number of aryl methyl sites for hydroxylation is 2. The quantitative estimate of drug-likeness (QED) is 0.299. The van der Waals surface area contributed by atoms with Crippen LogP contribution in [0.25, 0.3) is 21.0 Å². The highest BCUT2D eigenvalue weighted by Crippen LogP contribution is 2.37. The van der Waals surface area contributed by atoms with Crippen LogP contribution >= 0.6 is 23.1 Å². The Labute approximate surface area is 209 Å². The van der Waals surface area contributed by atoms with Crippen LogP contribution in [0.1, 0.15) is 21.5 Å². The maximum Gasteiger partial charge on any atom is 0.227 e. The van der Waals surface area contributed by atoms with Gasteiger partial charge in [-0.2, -0.15) is 0 Å². The summed E-state index contributed by atoms with van der Waals surface area (Å²) in [6, 6.07) is 20.1. The van der Waals surface area contributed by atoms with Gasteiger partial charge in [-0.15, -0.1) is 11.3 Å². The van der Waals surface area contributed by atoms with E-state index in [0.29, 0.717) is 11.5 Å². The Morgan fingerprint density at radius 1 is 1.00 bits per heavy atom. The van der Waals surface area contributed by atoms with Gasteiger partial charge in [0.1, 0.15) is 0 Å². The number of thiophene rings is 1. The maximum absolute atomic E-state index is 12.5. The van der Waals surface area contributed by atoms with E-state index in [2.05, 4.69) is 59.4 Å². The molecule has 4 rings (SSSR count). The molecule has 2 aromatic carbocycles. The molecule has 0 fully saturated rings. The minimum absolute atomic E-state index is 0.0674. The minimum Gasteiger partial charge on any atom is -0.324 e. The van der Waals surface area contributed by atoms with E-state index in [1.54, 1.807) is 17.5 Å². The minimum atomic E-state index is 0.0674. The van der Waals surface area contributed by atoms with Gasteiger partial charge in [-0.25, -0.2) is 9.97 Å². The van der Waals surface area contributed by atoms with E-state index in [4.69, 9.17) is 4.98 Å². The lowest BCUT2D eigenvalue weighted by Crippen LogP contribution is -2.15. The Hall–Kier alpha value is -3.00. The van der Waals surface area contributed by atoms with Crippen LogP contribution in [-0.2, 0) is 0 Å². The van der Waals surface area contributed by atoms with Gasteiger partial charge in [-0.3, -0.25) is 4.79 Å². The van der Waals surface area contributed by atoms with Crippen LogP contribution in [0, 0.1) is 13.8 Å². The van der Waals surface area contributed by atoms with Gasteiger partial charge < -0.3 is 10.2 Å². The van der Waals surface area contributed by atoms with Crippen molar-refractivity contribution in [1.82, 2.24) is 14.9 Å². The average molecular weight is 489 g/mol. The molecule has 0 aliphatic carbocycles. The van der Waals surface area contributed by atoms with Crippen LogP contribution in [0.4, 0.5) is 11.6 Å². The van der Waals surface area contributed by atoms with Crippen LogP contribution in [0.2, 0.25) is 0 Å². The third kappa shape index (κ3) is 5.91. The zero-order valence-electron chi connectivity index (χ0n) is 19.8. The number of aromatic nitrogens is 2. The zero-order chi connectivity index (χ0) is 24.1. The predicted octanol–water partition coefficient (Wildman–Crippen LogP) is 6.67. The van der Waals surface area contributed by atoms with Crippen molar-refractivity contribution in [3.05, 3.63) is 83.6 Å². The molecule has 2 heterocycles. The number of carbonyl (C=O) groups is 1. The van der Waals surface area contributed by atoms with E-state index in [1.165, 1.54) is 33.3 Å². The number of hydrogen-bond acceptors (Lipinski definition) is 7. The molecule has 0 saturated carbocycles. The number of rotatable bonds is 8. The second-order valence-electron chi connectivity index (χ2n) is 8.34. The summed E-state index contributed by atoms with van der Waals surface area (Å²) in [6.45, 7) is 5.16. The molecule has 2 aromatic heterocycles. The average Bonchev–Trinajstić information content (AvgIpc) is 3.29. The summed E-state index contributed by atoms with van der Waals surface area (Å²) in [4.78, 5) is 26.0. The summed E-state index contributed by atoms with van der Waals surface area (Å²) in [7, 11) is 4.01. The van der Waals surface area contributed by atoms with Gasteiger partial charge in [-0.1, -0.05) is 42.1 Å². The highest BCUT2D eigenvalue weighted by Gasteiger charge is 2.12.